The Balaban J connectivity index is 1.61. The number of methoxy groups -OCH3 is 2. The lowest BCUT2D eigenvalue weighted by atomic mass is 9.71. The van der Waals surface area contributed by atoms with Crippen molar-refractivity contribution in [2.75, 3.05) is 14.2 Å². The molecule has 0 spiro atoms. The molecule has 1 aliphatic heterocycles. The lowest BCUT2D eigenvalue weighted by molar-refractivity contribution is -0.136. The molecular formula is C35H35BO4. The maximum atomic E-state index is 7.07. The summed E-state index contributed by atoms with van der Waals surface area (Å²) >= 11 is 0. The second-order valence-corrected chi connectivity index (χ2v) is 10.6. The van der Waals surface area contributed by atoms with Gasteiger partial charge in [-0.1, -0.05) is 127 Å². The smallest absolute Gasteiger partial charge is 0.402 e. The highest BCUT2D eigenvalue weighted by Crippen LogP contribution is 2.56. The van der Waals surface area contributed by atoms with Crippen molar-refractivity contribution in [1.29, 1.82) is 0 Å². The van der Waals surface area contributed by atoms with Crippen molar-refractivity contribution < 1.29 is 18.8 Å². The summed E-state index contributed by atoms with van der Waals surface area (Å²) in [5.74, 6) is 0.590. The zero-order valence-electron chi connectivity index (χ0n) is 23.1. The molecule has 1 aliphatic carbocycles. The highest BCUT2D eigenvalue weighted by Gasteiger charge is 2.64. The Bertz CT molecular complexity index is 1220. The maximum Gasteiger partial charge on any atom is 0.461 e. The van der Waals surface area contributed by atoms with E-state index in [1.54, 1.807) is 14.2 Å². The summed E-state index contributed by atoms with van der Waals surface area (Å²) in [6, 6.07) is 41.3. The van der Waals surface area contributed by atoms with Crippen LogP contribution < -0.4 is 0 Å². The molecule has 5 heteroatoms. The van der Waals surface area contributed by atoms with Crippen LogP contribution in [-0.2, 0) is 30.0 Å². The SMILES string of the molecule is C=C[C@@H]1C[C@H]1B1O[C@@H](C(OC)(c2ccccc2)c2ccccc2)[C@H](C(OC)(c2ccccc2)c2ccccc2)O1. The number of ether oxygens (including phenoxy) is 2. The van der Waals surface area contributed by atoms with Crippen LogP contribution in [0, 0.1) is 5.92 Å². The average Bonchev–Trinajstić information content (AvgIpc) is 3.71. The molecule has 40 heavy (non-hydrogen) atoms. The first kappa shape index (κ1) is 26.7. The molecule has 1 saturated carbocycles. The summed E-state index contributed by atoms with van der Waals surface area (Å²) in [6.07, 6.45) is 1.88. The molecule has 0 radical (unpaired) electrons. The second-order valence-electron chi connectivity index (χ2n) is 10.6. The van der Waals surface area contributed by atoms with E-state index >= 15 is 0 Å². The summed E-state index contributed by atoms with van der Waals surface area (Å²) in [5, 5.41) is 0. The van der Waals surface area contributed by atoms with Gasteiger partial charge in [0.25, 0.3) is 0 Å². The van der Waals surface area contributed by atoms with Crippen LogP contribution in [0.5, 0.6) is 0 Å². The Morgan fingerprint density at radius 3 is 1.20 bits per heavy atom. The third kappa shape index (κ3) is 4.34. The van der Waals surface area contributed by atoms with Crippen LogP contribution in [0.4, 0.5) is 0 Å². The molecule has 4 atom stereocenters. The van der Waals surface area contributed by atoms with Crippen molar-refractivity contribution in [1.82, 2.24) is 0 Å². The van der Waals surface area contributed by atoms with Crippen molar-refractivity contribution in [2.24, 2.45) is 5.92 Å². The first-order valence-electron chi connectivity index (χ1n) is 13.9. The molecule has 2 fully saturated rings. The number of hydrogen-bond donors (Lipinski definition) is 0. The molecular weight excluding hydrogens is 495 g/mol. The number of benzene rings is 4. The molecule has 2 aliphatic rings. The standard InChI is InChI=1S/C35H35BO4/c1-4-26-25-31(26)36-39-32(34(37-2,27-17-9-5-10-18-27)28-19-11-6-12-20-28)33(40-36)35(38-3,29-21-13-7-14-22-29)30-23-15-8-16-24-30/h4-24,26,31-33H,1,25H2,2-3H3/t26-,31-,32-,33-/m1/s1. The zero-order chi connectivity index (χ0) is 27.6. The molecule has 0 bridgehead atoms. The predicted octanol–water partition coefficient (Wildman–Crippen LogP) is 7.02. The fourth-order valence-electron chi connectivity index (χ4n) is 6.54. The minimum absolute atomic E-state index is 0.229. The summed E-state index contributed by atoms with van der Waals surface area (Å²) < 4.78 is 27.5. The molecule has 4 aromatic carbocycles. The summed E-state index contributed by atoms with van der Waals surface area (Å²) in [4.78, 5) is 0. The molecule has 0 N–H and O–H groups in total. The third-order valence-electron chi connectivity index (χ3n) is 8.64. The Morgan fingerprint density at radius 2 is 0.950 bits per heavy atom. The average molecular weight is 530 g/mol. The summed E-state index contributed by atoms with van der Waals surface area (Å²) in [6.45, 7) is 4.04. The van der Waals surface area contributed by atoms with Crippen molar-refractivity contribution >= 4 is 7.12 Å². The van der Waals surface area contributed by atoms with Gasteiger partial charge in [0, 0.05) is 20.0 Å². The monoisotopic (exact) mass is 530 g/mol. The molecule has 1 saturated heterocycles. The van der Waals surface area contributed by atoms with Gasteiger partial charge in [-0.25, -0.2) is 0 Å². The van der Waals surface area contributed by atoms with Gasteiger partial charge >= 0.3 is 7.12 Å². The van der Waals surface area contributed by atoms with Crippen molar-refractivity contribution in [3.8, 4) is 0 Å². The molecule has 4 nitrogen and oxygen atoms in total. The summed E-state index contributed by atoms with van der Waals surface area (Å²) in [5.41, 5.74) is 2.01. The quantitative estimate of drug-likeness (QED) is 0.163. The molecule has 0 unspecified atom stereocenters. The van der Waals surface area contributed by atoms with Crippen LogP contribution in [0.15, 0.2) is 134 Å². The normalized spacial score (nSPS) is 22.7. The van der Waals surface area contributed by atoms with Gasteiger partial charge in [-0.2, -0.15) is 0 Å². The maximum absolute atomic E-state index is 7.07. The van der Waals surface area contributed by atoms with Crippen LogP contribution >= 0.6 is 0 Å². The van der Waals surface area contributed by atoms with E-state index in [1.807, 2.05) is 78.9 Å². The van der Waals surface area contributed by atoms with Crippen molar-refractivity contribution in [3.05, 3.63) is 156 Å². The Kier molecular flexibility index (Phi) is 7.48. The number of allylic oxidation sites excluding steroid dienone is 1. The zero-order valence-corrected chi connectivity index (χ0v) is 23.1. The highest BCUT2D eigenvalue weighted by atomic mass is 16.7. The van der Waals surface area contributed by atoms with Gasteiger partial charge in [0.15, 0.2) is 0 Å². The largest absolute Gasteiger partial charge is 0.461 e. The fourth-order valence-corrected chi connectivity index (χ4v) is 6.54. The minimum Gasteiger partial charge on any atom is -0.402 e. The molecule has 0 amide bonds. The lowest BCUT2D eigenvalue weighted by Gasteiger charge is -2.47. The number of rotatable bonds is 10. The first-order chi connectivity index (χ1) is 19.7. The minimum atomic E-state index is -0.978. The van der Waals surface area contributed by atoms with Crippen LogP contribution in [-0.4, -0.2) is 33.5 Å². The van der Waals surface area contributed by atoms with Crippen molar-refractivity contribution in [2.45, 2.75) is 35.6 Å². The van der Waals surface area contributed by atoms with Gasteiger partial charge in [-0.05, 0) is 34.6 Å². The van der Waals surface area contributed by atoms with E-state index in [0.717, 1.165) is 28.7 Å². The Morgan fingerprint density at radius 1 is 0.625 bits per heavy atom. The van der Waals surface area contributed by atoms with Gasteiger partial charge in [0.05, 0.1) is 0 Å². The van der Waals surface area contributed by atoms with E-state index < -0.39 is 30.5 Å². The van der Waals surface area contributed by atoms with Gasteiger partial charge in [0.2, 0.25) is 0 Å². The van der Waals surface area contributed by atoms with Crippen LogP contribution in [0.2, 0.25) is 5.82 Å². The van der Waals surface area contributed by atoms with Gasteiger partial charge in [-0.3, -0.25) is 0 Å². The molecule has 0 aromatic heterocycles. The van der Waals surface area contributed by atoms with Crippen LogP contribution in [0.3, 0.4) is 0 Å². The van der Waals surface area contributed by atoms with Gasteiger partial charge in [0.1, 0.15) is 23.4 Å². The van der Waals surface area contributed by atoms with Crippen LogP contribution in [0.1, 0.15) is 28.7 Å². The Labute approximate surface area is 237 Å². The topological polar surface area (TPSA) is 36.9 Å². The lowest BCUT2D eigenvalue weighted by Crippen LogP contribution is -2.56. The summed E-state index contributed by atoms with van der Waals surface area (Å²) in [7, 11) is 3.09. The van der Waals surface area contributed by atoms with Crippen LogP contribution in [0.25, 0.3) is 0 Å². The second kappa shape index (κ2) is 11.2. The molecule has 4 aromatic rings. The molecule has 6 rings (SSSR count). The molecule has 202 valence electrons. The van der Waals surface area contributed by atoms with E-state index in [9.17, 15) is 0 Å². The van der Waals surface area contributed by atoms with Gasteiger partial charge in [-0.15, -0.1) is 6.58 Å². The van der Waals surface area contributed by atoms with Gasteiger partial charge < -0.3 is 18.8 Å². The fraction of sp³-hybridized carbons (Fsp3) is 0.257. The first-order valence-corrected chi connectivity index (χ1v) is 13.9. The van der Waals surface area contributed by atoms with E-state index in [0.29, 0.717) is 5.92 Å². The van der Waals surface area contributed by atoms with Crippen molar-refractivity contribution in [3.63, 3.8) is 0 Å². The third-order valence-corrected chi connectivity index (χ3v) is 8.64. The highest BCUT2D eigenvalue weighted by molar-refractivity contribution is 6.48. The van der Waals surface area contributed by atoms with E-state index in [4.69, 9.17) is 18.8 Å². The van der Waals surface area contributed by atoms with E-state index in [1.165, 1.54) is 0 Å². The molecule has 1 heterocycles. The van der Waals surface area contributed by atoms with E-state index in [-0.39, 0.29) is 5.82 Å². The number of hydrogen-bond acceptors (Lipinski definition) is 4. The predicted molar refractivity (Wildman–Crippen MR) is 159 cm³/mol. The van der Waals surface area contributed by atoms with E-state index in [2.05, 4.69) is 55.1 Å². The Hall–Kier alpha value is -3.48.